The molecule has 8 heteroatoms. The first-order chi connectivity index (χ1) is 12.6. The number of benzene rings is 1. The number of ether oxygens (including phenoxy) is 3. The summed E-state index contributed by atoms with van der Waals surface area (Å²) in [4.78, 5) is 23.4. The van der Waals surface area contributed by atoms with Crippen LogP contribution in [0.5, 0.6) is 5.75 Å². The van der Waals surface area contributed by atoms with Crippen molar-refractivity contribution in [1.29, 1.82) is 0 Å². The van der Waals surface area contributed by atoms with Gasteiger partial charge in [0.15, 0.2) is 5.75 Å². The van der Waals surface area contributed by atoms with Crippen molar-refractivity contribution in [1.82, 2.24) is 0 Å². The molecule has 0 unspecified atom stereocenters. The third-order valence-electron chi connectivity index (χ3n) is 3.61. The standard InChI is InChI=1S/C19H21Br3O5/c1-10(2)19(24)26-9-8-25-11(3)6-7-14(23)27-18-16(21)13(5)12(4)15(20)17(18)22/h1,3,6-9H2,2,4-5H3. The van der Waals surface area contributed by atoms with Gasteiger partial charge in [0.2, 0.25) is 0 Å². The van der Waals surface area contributed by atoms with Crippen LogP contribution in [0.2, 0.25) is 0 Å². The van der Waals surface area contributed by atoms with Crippen LogP contribution in [0.25, 0.3) is 0 Å². The lowest BCUT2D eigenvalue weighted by molar-refractivity contribution is -0.140. The van der Waals surface area contributed by atoms with E-state index >= 15 is 0 Å². The highest BCUT2D eigenvalue weighted by atomic mass is 79.9. The van der Waals surface area contributed by atoms with Crippen molar-refractivity contribution in [2.24, 2.45) is 0 Å². The van der Waals surface area contributed by atoms with Crippen molar-refractivity contribution >= 4 is 59.7 Å². The molecule has 5 nitrogen and oxygen atoms in total. The highest BCUT2D eigenvalue weighted by molar-refractivity contribution is 9.13. The number of rotatable bonds is 9. The summed E-state index contributed by atoms with van der Waals surface area (Å²) in [5.41, 5.74) is 2.35. The van der Waals surface area contributed by atoms with E-state index in [0.29, 0.717) is 28.0 Å². The second-order valence-corrected chi connectivity index (χ2v) is 8.18. The van der Waals surface area contributed by atoms with Gasteiger partial charge in [0, 0.05) is 16.5 Å². The predicted molar refractivity (Wildman–Crippen MR) is 115 cm³/mol. The van der Waals surface area contributed by atoms with E-state index in [9.17, 15) is 9.59 Å². The molecular weight excluding hydrogens is 548 g/mol. The van der Waals surface area contributed by atoms with Gasteiger partial charge in [0.1, 0.15) is 13.2 Å². The molecule has 1 aromatic carbocycles. The van der Waals surface area contributed by atoms with Crippen LogP contribution < -0.4 is 4.74 Å². The van der Waals surface area contributed by atoms with Gasteiger partial charge in [-0.15, -0.1) is 0 Å². The highest BCUT2D eigenvalue weighted by Gasteiger charge is 2.19. The van der Waals surface area contributed by atoms with Gasteiger partial charge < -0.3 is 14.2 Å². The molecule has 0 aliphatic carbocycles. The van der Waals surface area contributed by atoms with E-state index in [-0.39, 0.29) is 19.6 Å². The Morgan fingerprint density at radius 3 is 2.04 bits per heavy atom. The van der Waals surface area contributed by atoms with E-state index in [0.717, 1.165) is 20.1 Å². The summed E-state index contributed by atoms with van der Waals surface area (Å²) in [5.74, 6) is -0.0422. The fraction of sp³-hybridized carbons (Fsp3) is 0.368. The number of hydrogen-bond donors (Lipinski definition) is 0. The normalized spacial score (nSPS) is 10.3. The zero-order valence-electron chi connectivity index (χ0n) is 15.4. The summed E-state index contributed by atoms with van der Waals surface area (Å²) in [6.45, 7) is 13.0. The highest BCUT2D eigenvalue weighted by Crippen LogP contribution is 2.43. The quantitative estimate of drug-likeness (QED) is 0.0923. The maximum absolute atomic E-state index is 12.2. The Bertz CT molecular complexity index is 742. The zero-order valence-corrected chi connectivity index (χ0v) is 20.2. The van der Waals surface area contributed by atoms with Crippen LogP contribution in [0, 0.1) is 13.8 Å². The van der Waals surface area contributed by atoms with Gasteiger partial charge in [-0.3, -0.25) is 4.79 Å². The summed E-state index contributed by atoms with van der Waals surface area (Å²) >= 11 is 10.4. The Labute approximate surface area is 184 Å². The lowest BCUT2D eigenvalue weighted by atomic mass is 10.1. The molecule has 0 saturated carbocycles. The Morgan fingerprint density at radius 1 is 0.889 bits per heavy atom. The second-order valence-electron chi connectivity index (χ2n) is 5.80. The Hall–Kier alpha value is -1.12. The van der Waals surface area contributed by atoms with E-state index in [1.807, 2.05) is 13.8 Å². The van der Waals surface area contributed by atoms with Crippen LogP contribution in [0.3, 0.4) is 0 Å². The minimum atomic E-state index is -0.469. The van der Waals surface area contributed by atoms with E-state index in [4.69, 9.17) is 14.2 Å². The maximum Gasteiger partial charge on any atom is 0.333 e. The van der Waals surface area contributed by atoms with Crippen LogP contribution in [0.15, 0.2) is 37.9 Å². The maximum atomic E-state index is 12.2. The molecule has 0 amide bonds. The molecule has 0 fully saturated rings. The number of carbonyl (C=O) groups is 2. The molecule has 0 atom stereocenters. The SMILES string of the molecule is C=C(CCC(=O)Oc1c(Br)c(C)c(C)c(Br)c1Br)OCCOC(=O)C(=C)C. The fourth-order valence-electron chi connectivity index (χ4n) is 1.87. The molecule has 0 aromatic heterocycles. The van der Waals surface area contributed by atoms with Crippen LogP contribution in [0.1, 0.15) is 30.9 Å². The van der Waals surface area contributed by atoms with Gasteiger partial charge in [0.05, 0.1) is 21.1 Å². The first-order valence-corrected chi connectivity index (χ1v) is 10.4. The Balaban J connectivity index is 2.49. The molecule has 0 aliphatic heterocycles. The van der Waals surface area contributed by atoms with Crippen molar-refractivity contribution in [3.8, 4) is 5.75 Å². The largest absolute Gasteiger partial charge is 0.495 e. The molecule has 0 saturated heterocycles. The van der Waals surface area contributed by atoms with E-state index in [2.05, 4.69) is 60.9 Å². The average molecular weight is 569 g/mol. The van der Waals surface area contributed by atoms with E-state index in [1.54, 1.807) is 6.92 Å². The van der Waals surface area contributed by atoms with Crippen molar-refractivity contribution < 1.29 is 23.8 Å². The number of esters is 2. The average Bonchev–Trinajstić information content (AvgIpc) is 2.63. The summed E-state index contributed by atoms with van der Waals surface area (Å²) in [7, 11) is 0. The number of hydrogen-bond acceptors (Lipinski definition) is 5. The van der Waals surface area contributed by atoms with E-state index in [1.165, 1.54) is 0 Å². The smallest absolute Gasteiger partial charge is 0.333 e. The van der Waals surface area contributed by atoms with Gasteiger partial charge in [-0.1, -0.05) is 13.2 Å². The van der Waals surface area contributed by atoms with E-state index < -0.39 is 11.9 Å². The molecule has 0 bridgehead atoms. The summed E-state index contributed by atoms with van der Waals surface area (Å²) in [5, 5.41) is 0. The van der Waals surface area contributed by atoms with Gasteiger partial charge in [-0.25, -0.2) is 4.79 Å². The Morgan fingerprint density at radius 2 is 1.44 bits per heavy atom. The number of carbonyl (C=O) groups excluding carboxylic acids is 2. The minimum Gasteiger partial charge on any atom is -0.495 e. The molecule has 0 heterocycles. The molecule has 1 rings (SSSR count). The van der Waals surface area contributed by atoms with Gasteiger partial charge >= 0.3 is 11.9 Å². The fourth-order valence-corrected chi connectivity index (χ4v) is 3.77. The third-order valence-corrected chi connectivity index (χ3v) is 6.84. The minimum absolute atomic E-state index is 0.0890. The number of halogens is 3. The van der Waals surface area contributed by atoms with Gasteiger partial charge in [-0.05, 0) is 79.7 Å². The molecule has 0 N–H and O–H groups in total. The Kier molecular flexibility index (Phi) is 9.76. The summed E-state index contributed by atoms with van der Waals surface area (Å²) in [6.07, 6.45) is 0.405. The summed E-state index contributed by atoms with van der Waals surface area (Å²) < 4.78 is 18.0. The van der Waals surface area contributed by atoms with Crippen molar-refractivity contribution in [3.05, 3.63) is 49.0 Å². The monoisotopic (exact) mass is 566 g/mol. The molecule has 148 valence electrons. The van der Waals surface area contributed by atoms with Crippen molar-refractivity contribution in [2.45, 2.75) is 33.6 Å². The molecule has 1 aromatic rings. The topological polar surface area (TPSA) is 61.8 Å². The van der Waals surface area contributed by atoms with Crippen LogP contribution in [-0.2, 0) is 19.1 Å². The van der Waals surface area contributed by atoms with Crippen LogP contribution in [0.4, 0.5) is 0 Å². The van der Waals surface area contributed by atoms with Crippen LogP contribution in [-0.4, -0.2) is 25.2 Å². The van der Waals surface area contributed by atoms with Gasteiger partial charge in [0.25, 0.3) is 0 Å². The predicted octanol–water partition coefficient (Wildman–Crippen LogP) is 5.93. The number of allylic oxidation sites excluding steroid dienone is 1. The first-order valence-electron chi connectivity index (χ1n) is 8.03. The molecule has 0 aliphatic rings. The molecule has 0 radical (unpaired) electrons. The first kappa shape index (κ1) is 23.9. The van der Waals surface area contributed by atoms with Gasteiger partial charge in [-0.2, -0.15) is 0 Å². The second kappa shape index (κ2) is 11.0. The zero-order chi connectivity index (χ0) is 20.7. The van der Waals surface area contributed by atoms with Crippen molar-refractivity contribution in [3.63, 3.8) is 0 Å². The van der Waals surface area contributed by atoms with Crippen molar-refractivity contribution in [2.75, 3.05) is 13.2 Å². The van der Waals surface area contributed by atoms with Crippen LogP contribution >= 0.6 is 47.8 Å². The lowest BCUT2D eigenvalue weighted by Crippen LogP contribution is -2.12. The lowest BCUT2D eigenvalue weighted by Gasteiger charge is -2.15. The summed E-state index contributed by atoms with van der Waals surface area (Å²) in [6, 6.07) is 0. The molecule has 0 spiro atoms. The third kappa shape index (κ3) is 7.08. The molecular formula is C19H21Br3O5. The molecule has 27 heavy (non-hydrogen) atoms.